The molecule has 0 aliphatic heterocycles. The van der Waals surface area contributed by atoms with Crippen LogP contribution >= 0.6 is 15.9 Å². The summed E-state index contributed by atoms with van der Waals surface area (Å²) in [5.74, 6) is -0.373. The van der Waals surface area contributed by atoms with E-state index in [0.717, 1.165) is 42.4 Å². The number of hydrogen-bond acceptors (Lipinski definition) is 4. The quantitative estimate of drug-likeness (QED) is 0.306. The van der Waals surface area contributed by atoms with Crippen molar-refractivity contribution in [2.24, 2.45) is 0 Å². The Hall–Kier alpha value is -3.30. The third-order valence-corrected chi connectivity index (χ3v) is 6.08. The molecule has 0 saturated heterocycles. The Morgan fingerprint density at radius 2 is 1.84 bits per heavy atom. The molecular weight excluding hydrogens is 452 g/mol. The zero-order valence-electron chi connectivity index (χ0n) is 16.9. The molecule has 0 unspecified atom stereocenters. The predicted octanol–water partition coefficient (Wildman–Crippen LogP) is 5.40. The smallest absolute Gasteiger partial charge is 0.262 e. The molecule has 31 heavy (non-hydrogen) atoms. The van der Waals surface area contributed by atoms with Gasteiger partial charge in [0.1, 0.15) is 16.2 Å². The Morgan fingerprint density at radius 3 is 2.48 bits per heavy atom. The van der Waals surface area contributed by atoms with Crippen LogP contribution in [0.2, 0.25) is 0 Å². The van der Waals surface area contributed by atoms with Crippen LogP contribution in [0.1, 0.15) is 36.9 Å². The first-order valence-electron chi connectivity index (χ1n) is 10.2. The largest absolute Gasteiger partial charge is 0.342 e. The average molecular weight is 473 g/mol. The standard InChI is InChI=1S/C25H21BrN4O/c26-23-7-3-6-22(29-23)15-20(16-27)24(31)30-25(12-1-2-13-25)21-10-8-18(9-11-21)19-5-4-14-28-17-19/h3-11,14-15,17H,1-2,12-13H2,(H,30,31). The van der Waals surface area contributed by atoms with Crippen LogP contribution in [0.3, 0.4) is 0 Å². The number of amides is 1. The molecule has 1 aliphatic carbocycles. The molecular formula is C25H21BrN4O. The molecule has 0 bridgehead atoms. The first-order chi connectivity index (χ1) is 15.1. The summed E-state index contributed by atoms with van der Waals surface area (Å²) in [4.78, 5) is 21.5. The second-order valence-electron chi connectivity index (χ2n) is 7.62. The maximum Gasteiger partial charge on any atom is 0.262 e. The molecule has 2 aromatic heterocycles. The fourth-order valence-electron chi connectivity index (χ4n) is 4.07. The monoisotopic (exact) mass is 472 g/mol. The van der Waals surface area contributed by atoms with Crippen molar-refractivity contribution in [3.8, 4) is 17.2 Å². The summed E-state index contributed by atoms with van der Waals surface area (Å²) in [5.41, 5.74) is 3.32. The van der Waals surface area contributed by atoms with Gasteiger partial charge in [0.05, 0.1) is 11.2 Å². The van der Waals surface area contributed by atoms with Gasteiger partial charge in [0, 0.05) is 12.4 Å². The molecule has 1 aromatic carbocycles. The molecule has 2 heterocycles. The summed E-state index contributed by atoms with van der Waals surface area (Å²) in [6.45, 7) is 0. The Bertz CT molecular complexity index is 1140. The number of nitrogens with one attached hydrogen (secondary N) is 1. The van der Waals surface area contributed by atoms with E-state index in [1.807, 2.05) is 30.5 Å². The number of benzene rings is 1. The van der Waals surface area contributed by atoms with Crippen molar-refractivity contribution >= 4 is 27.9 Å². The van der Waals surface area contributed by atoms with E-state index in [1.165, 1.54) is 6.08 Å². The van der Waals surface area contributed by atoms with Crippen molar-refractivity contribution in [2.75, 3.05) is 0 Å². The normalized spacial score (nSPS) is 15.3. The predicted molar refractivity (Wildman–Crippen MR) is 123 cm³/mol. The van der Waals surface area contributed by atoms with Crippen LogP contribution in [-0.4, -0.2) is 15.9 Å². The number of rotatable bonds is 5. The molecule has 3 aromatic rings. The topological polar surface area (TPSA) is 78.7 Å². The highest BCUT2D eigenvalue weighted by Crippen LogP contribution is 2.39. The van der Waals surface area contributed by atoms with Gasteiger partial charge in [-0.25, -0.2) is 4.98 Å². The molecule has 154 valence electrons. The van der Waals surface area contributed by atoms with Crippen molar-refractivity contribution in [3.63, 3.8) is 0 Å². The summed E-state index contributed by atoms with van der Waals surface area (Å²) >= 11 is 3.32. The molecule has 6 heteroatoms. The van der Waals surface area contributed by atoms with Crippen molar-refractivity contribution in [2.45, 2.75) is 31.2 Å². The molecule has 0 spiro atoms. The fraction of sp³-hybridized carbons (Fsp3) is 0.200. The Labute approximate surface area is 190 Å². The molecule has 1 fully saturated rings. The van der Waals surface area contributed by atoms with Gasteiger partial charge in [-0.2, -0.15) is 5.26 Å². The van der Waals surface area contributed by atoms with E-state index in [9.17, 15) is 10.1 Å². The lowest BCUT2D eigenvalue weighted by molar-refractivity contribution is -0.119. The highest BCUT2D eigenvalue weighted by Gasteiger charge is 2.37. The molecule has 5 nitrogen and oxygen atoms in total. The number of carbonyl (C=O) groups excluding carboxylic acids is 1. The number of hydrogen-bond donors (Lipinski definition) is 1. The average Bonchev–Trinajstić information content (AvgIpc) is 3.28. The molecule has 1 aliphatic rings. The molecule has 4 rings (SSSR count). The van der Waals surface area contributed by atoms with Gasteiger partial charge in [-0.1, -0.05) is 49.2 Å². The molecule has 1 N–H and O–H groups in total. The minimum Gasteiger partial charge on any atom is -0.342 e. The zero-order valence-corrected chi connectivity index (χ0v) is 18.5. The van der Waals surface area contributed by atoms with Crippen LogP contribution in [0.4, 0.5) is 0 Å². The number of halogens is 1. The SMILES string of the molecule is N#CC(=Cc1cccc(Br)n1)C(=O)NC1(c2ccc(-c3cccnc3)cc2)CCCC1. The third-order valence-electron chi connectivity index (χ3n) is 5.64. The van der Waals surface area contributed by atoms with Gasteiger partial charge in [0.2, 0.25) is 0 Å². The summed E-state index contributed by atoms with van der Waals surface area (Å²) < 4.78 is 0.653. The first kappa shape index (κ1) is 21.0. The van der Waals surface area contributed by atoms with E-state index in [2.05, 4.69) is 55.5 Å². The van der Waals surface area contributed by atoms with Crippen LogP contribution < -0.4 is 5.32 Å². The van der Waals surface area contributed by atoms with E-state index < -0.39 is 5.54 Å². The fourth-order valence-corrected chi connectivity index (χ4v) is 4.42. The van der Waals surface area contributed by atoms with Crippen LogP contribution in [0, 0.1) is 11.3 Å². The number of nitriles is 1. The second-order valence-corrected chi connectivity index (χ2v) is 8.43. The van der Waals surface area contributed by atoms with Crippen molar-refractivity contribution < 1.29 is 4.79 Å². The summed E-state index contributed by atoms with van der Waals surface area (Å²) in [6.07, 6.45) is 8.87. The highest BCUT2D eigenvalue weighted by molar-refractivity contribution is 9.10. The number of carbonyl (C=O) groups is 1. The molecule has 1 amide bonds. The summed E-state index contributed by atoms with van der Waals surface area (Å²) in [6, 6.07) is 19.6. The lowest BCUT2D eigenvalue weighted by atomic mass is 9.86. The number of pyridine rings is 2. The summed E-state index contributed by atoms with van der Waals surface area (Å²) in [5, 5.41) is 12.8. The van der Waals surface area contributed by atoms with E-state index in [-0.39, 0.29) is 11.5 Å². The minimum atomic E-state index is -0.467. The molecule has 0 radical (unpaired) electrons. The van der Waals surface area contributed by atoms with E-state index in [0.29, 0.717) is 10.3 Å². The summed E-state index contributed by atoms with van der Waals surface area (Å²) in [7, 11) is 0. The van der Waals surface area contributed by atoms with Gasteiger partial charge < -0.3 is 5.32 Å². The third kappa shape index (κ3) is 4.73. The number of aromatic nitrogens is 2. The second kappa shape index (κ2) is 9.23. The van der Waals surface area contributed by atoms with Crippen molar-refractivity contribution in [1.29, 1.82) is 5.26 Å². The number of nitrogens with zero attached hydrogens (tertiary/aromatic N) is 3. The van der Waals surface area contributed by atoms with Crippen LogP contribution in [-0.2, 0) is 10.3 Å². The van der Waals surface area contributed by atoms with Gasteiger partial charge in [-0.3, -0.25) is 9.78 Å². The van der Waals surface area contributed by atoms with Gasteiger partial charge in [0.25, 0.3) is 5.91 Å². The molecule has 0 atom stereocenters. The van der Waals surface area contributed by atoms with Crippen LogP contribution in [0.25, 0.3) is 17.2 Å². The first-order valence-corrected chi connectivity index (χ1v) is 11.0. The maximum atomic E-state index is 13.0. The maximum absolute atomic E-state index is 13.0. The van der Waals surface area contributed by atoms with E-state index in [1.54, 1.807) is 18.3 Å². The van der Waals surface area contributed by atoms with E-state index in [4.69, 9.17) is 0 Å². The Kier molecular flexibility index (Phi) is 6.24. The minimum absolute atomic E-state index is 0.0452. The van der Waals surface area contributed by atoms with Gasteiger partial charge in [0.15, 0.2) is 0 Å². The van der Waals surface area contributed by atoms with Crippen molar-refractivity contribution in [3.05, 3.63) is 88.4 Å². The van der Waals surface area contributed by atoms with E-state index >= 15 is 0 Å². The Balaban J connectivity index is 1.59. The lowest BCUT2D eigenvalue weighted by Gasteiger charge is -2.31. The molecule has 1 saturated carbocycles. The van der Waals surface area contributed by atoms with Crippen LogP contribution in [0.15, 0.2) is 77.2 Å². The van der Waals surface area contributed by atoms with Gasteiger partial charge in [-0.05, 0) is 69.7 Å². The highest BCUT2D eigenvalue weighted by atomic mass is 79.9. The lowest BCUT2D eigenvalue weighted by Crippen LogP contribution is -2.44. The van der Waals surface area contributed by atoms with Crippen molar-refractivity contribution in [1.82, 2.24) is 15.3 Å². The zero-order chi connectivity index (χ0) is 21.7. The Morgan fingerprint density at radius 1 is 1.06 bits per heavy atom. The van der Waals surface area contributed by atoms with Gasteiger partial charge in [-0.15, -0.1) is 0 Å². The van der Waals surface area contributed by atoms with Gasteiger partial charge >= 0.3 is 0 Å². The van der Waals surface area contributed by atoms with Crippen LogP contribution in [0.5, 0.6) is 0 Å².